The molecular formula is C12H15ClF3N3. The van der Waals surface area contributed by atoms with Gasteiger partial charge >= 0.3 is 6.18 Å². The van der Waals surface area contributed by atoms with E-state index in [1.165, 1.54) is 6.42 Å². The van der Waals surface area contributed by atoms with E-state index in [0.717, 1.165) is 25.3 Å². The van der Waals surface area contributed by atoms with Gasteiger partial charge in [-0.3, -0.25) is 0 Å². The van der Waals surface area contributed by atoms with Gasteiger partial charge in [0, 0.05) is 12.6 Å². The van der Waals surface area contributed by atoms with Gasteiger partial charge in [0.1, 0.15) is 5.82 Å². The molecule has 1 aliphatic carbocycles. The SMILES string of the molecule is CCC1(CNc2cc(C(F)(F)F)nc(Cl)n2)CCC1. The van der Waals surface area contributed by atoms with Crippen molar-refractivity contribution >= 4 is 17.4 Å². The van der Waals surface area contributed by atoms with Crippen LogP contribution in [0.15, 0.2) is 6.07 Å². The second-order valence-electron chi connectivity index (χ2n) is 4.97. The Morgan fingerprint density at radius 2 is 2.05 bits per heavy atom. The first kappa shape index (κ1) is 14.4. The minimum Gasteiger partial charge on any atom is -0.369 e. The highest BCUT2D eigenvalue weighted by atomic mass is 35.5. The van der Waals surface area contributed by atoms with Crippen molar-refractivity contribution in [1.29, 1.82) is 0 Å². The highest BCUT2D eigenvalue weighted by molar-refractivity contribution is 6.28. The van der Waals surface area contributed by atoms with E-state index in [4.69, 9.17) is 11.6 Å². The number of anilines is 1. The maximum absolute atomic E-state index is 12.6. The summed E-state index contributed by atoms with van der Waals surface area (Å²) >= 11 is 5.53. The van der Waals surface area contributed by atoms with Gasteiger partial charge in [-0.2, -0.15) is 13.2 Å². The van der Waals surface area contributed by atoms with Crippen LogP contribution in [0.1, 0.15) is 38.3 Å². The fraction of sp³-hybridized carbons (Fsp3) is 0.667. The third-order valence-corrected chi connectivity index (χ3v) is 3.97. The summed E-state index contributed by atoms with van der Waals surface area (Å²) in [6, 6.07) is 0.897. The van der Waals surface area contributed by atoms with Gasteiger partial charge in [0.2, 0.25) is 5.28 Å². The molecule has 0 unspecified atom stereocenters. The third-order valence-electron chi connectivity index (χ3n) is 3.80. The number of alkyl halides is 3. The molecule has 19 heavy (non-hydrogen) atoms. The second kappa shape index (κ2) is 5.15. The second-order valence-corrected chi connectivity index (χ2v) is 5.30. The van der Waals surface area contributed by atoms with Crippen molar-refractivity contribution in [2.75, 3.05) is 11.9 Å². The third kappa shape index (κ3) is 3.29. The number of halogens is 4. The quantitative estimate of drug-likeness (QED) is 0.848. The zero-order valence-electron chi connectivity index (χ0n) is 10.5. The van der Waals surface area contributed by atoms with E-state index in [2.05, 4.69) is 22.2 Å². The molecule has 1 heterocycles. The molecule has 2 rings (SSSR count). The molecule has 1 aromatic heterocycles. The van der Waals surface area contributed by atoms with Gasteiger partial charge in [-0.25, -0.2) is 9.97 Å². The van der Waals surface area contributed by atoms with Crippen LogP contribution in [0.3, 0.4) is 0 Å². The van der Waals surface area contributed by atoms with Crippen LogP contribution in [0.2, 0.25) is 5.28 Å². The van der Waals surface area contributed by atoms with E-state index in [9.17, 15) is 13.2 Å². The van der Waals surface area contributed by atoms with Crippen LogP contribution in [0.25, 0.3) is 0 Å². The zero-order valence-corrected chi connectivity index (χ0v) is 11.3. The first-order valence-corrected chi connectivity index (χ1v) is 6.58. The molecule has 1 fully saturated rings. The van der Waals surface area contributed by atoms with Crippen molar-refractivity contribution in [2.45, 2.75) is 38.8 Å². The molecule has 1 aromatic rings. The summed E-state index contributed by atoms with van der Waals surface area (Å²) in [5.41, 5.74) is -0.829. The lowest BCUT2D eigenvalue weighted by molar-refractivity contribution is -0.141. The molecule has 3 nitrogen and oxygen atoms in total. The molecule has 0 spiro atoms. The van der Waals surface area contributed by atoms with E-state index in [-0.39, 0.29) is 11.2 Å². The van der Waals surface area contributed by atoms with Gasteiger partial charge in [-0.05, 0) is 36.3 Å². The number of aromatic nitrogens is 2. The van der Waals surface area contributed by atoms with E-state index in [1.54, 1.807) is 0 Å². The number of hydrogen-bond acceptors (Lipinski definition) is 3. The largest absolute Gasteiger partial charge is 0.433 e. The minimum absolute atomic E-state index is 0.132. The molecule has 0 aliphatic heterocycles. The molecule has 0 bridgehead atoms. The lowest BCUT2D eigenvalue weighted by atomic mass is 9.67. The van der Waals surface area contributed by atoms with E-state index >= 15 is 0 Å². The van der Waals surface area contributed by atoms with E-state index in [1.807, 2.05) is 0 Å². The maximum atomic E-state index is 12.6. The van der Waals surface area contributed by atoms with Crippen LogP contribution in [-0.4, -0.2) is 16.5 Å². The number of nitrogens with one attached hydrogen (secondary N) is 1. The van der Waals surface area contributed by atoms with Crippen LogP contribution in [0.4, 0.5) is 19.0 Å². The molecule has 0 aromatic carbocycles. The Balaban J connectivity index is 2.10. The van der Waals surface area contributed by atoms with Crippen molar-refractivity contribution in [2.24, 2.45) is 5.41 Å². The summed E-state index contributed by atoms with van der Waals surface area (Å²) < 4.78 is 37.8. The molecule has 0 radical (unpaired) electrons. The molecule has 1 saturated carbocycles. The topological polar surface area (TPSA) is 37.8 Å². The normalized spacial score (nSPS) is 17.9. The van der Waals surface area contributed by atoms with Crippen LogP contribution in [0.5, 0.6) is 0 Å². The molecule has 1 aliphatic rings. The van der Waals surface area contributed by atoms with Gasteiger partial charge in [-0.15, -0.1) is 0 Å². The zero-order chi connectivity index (χ0) is 14.1. The fourth-order valence-electron chi connectivity index (χ4n) is 2.26. The average Bonchev–Trinajstić information content (AvgIpc) is 2.26. The van der Waals surface area contributed by atoms with Crippen molar-refractivity contribution in [3.05, 3.63) is 17.0 Å². The van der Waals surface area contributed by atoms with E-state index < -0.39 is 17.2 Å². The van der Waals surface area contributed by atoms with Crippen LogP contribution >= 0.6 is 11.6 Å². The standard InChI is InChI=1S/C12H15ClF3N3/c1-2-11(4-3-5-11)7-17-9-6-8(12(14,15)16)18-10(13)19-9/h6H,2-5,7H2,1H3,(H,17,18,19). The number of rotatable bonds is 4. The Morgan fingerprint density at radius 1 is 1.37 bits per heavy atom. The average molecular weight is 294 g/mol. The van der Waals surface area contributed by atoms with Crippen LogP contribution in [-0.2, 0) is 6.18 Å². The Morgan fingerprint density at radius 3 is 2.53 bits per heavy atom. The molecule has 0 saturated heterocycles. The Labute approximate surface area is 114 Å². The van der Waals surface area contributed by atoms with Crippen molar-refractivity contribution in [3.8, 4) is 0 Å². The Hall–Kier alpha value is -1.04. The minimum atomic E-state index is -4.51. The summed E-state index contributed by atoms with van der Waals surface area (Å²) in [4.78, 5) is 6.98. The molecular weight excluding hydrogens is 279 g/mol. The maximum Gasteiger partial charge on any atom is 0.433 e. The predicted molar refractivity (Wildman–Crippen MR) is 67.1 cm³/mol. The predicted octanol–water partition coefficient (Wildman–Crippen LogP) is 4.14. The van der Waals surface area contributed by atoms with Crippen molar-refractivity contribution in [1.82, 2.24) is 9.97 Å². The van der Waals surface area contributed by atoms with Gasteiger partial charge in [0.05, 0.1) is 0 Å². The molecule has 0 amide bonds. The lowest BCUT2D eigenvalue weighted by Crippen LogP contribution is -2.36. The lowest BCUT2D eigenvalue weighted by Gasteiger charge is -2.41. The highest BCUT2D eigenvalue weighted by Gasteiger charge is 2.36. The van der Waals surface area contributed by atoms with Crippen molar-refractivity contribution in [3.63, 3.8) is 0 Å². The molecule has 0 atom stereocenters. The number of nitrogens with zero attached hydrogens (tertiary/aromatic N) is 2. The summed E-state index contributed by atoms with van der Waals surface area (Å²) in [6.45, 7) is 2.71. The smallest absolute Gasteiger partial charge is 0.369 e. The first-order valence-electron chi connectivity index (χ1n) is 6.20. The first-order chi connectivity index (χ1) is 8.85. The van der Waals surface area contributed by atoms with Crippen LogP contribution in [0, 0.1) is 5.41 Å². The summed E-state index contributed by atoms with van der Waals surface area (Å²) in [5, 5.41) is 2.56. The van der Waals surface area contributed by atoms with Crippen molar-refractivity contribution < 1.29 is 13.2 Å². The molecule has 7 heteroatoms. The van der Waals surface area contributed by atoms with E-state index in [0.29, 0.717) is 6.54 Å². The Kier molecular flexibility index (Phi) is 3.90. The highest BCUT2D eigenvalue weighted by Crippen LogP contribution is 2.43. The van der Waals surface area contributed by atoms with Gasteiger partial charge in [-0.1, -0.05) is 13.3 Å². The van der Waals surface area contributed by atoms with Gasteiger partial charge in [0.25, 0.3) is 0 Å². The summed E-state index contributed by atoms with van der Waals surface area (Å²) in [7, 11) is 0. The van der Waals surface area contributed by atoms with Gasteiger partial charge < -0.3 is 5.32 Å². The fourth-order valence-corrected chi connectivity index (χ4v) is 2.45. The molecule has 1 N–H and O–H groups in total. The number of hydrogen-bond donors (Lipinski definition) is 1. The van der Waals surface area contributed by atoms with Crippen LogP contribution < -0.4 is 5.32 Å². The monoisotopic (exact) mass is 293 g/mol. The van der Waals surface area contributed by atoms with Gasteiger partial charge in [0.15, 0.2) is 5.69 Å². The molecule has 106 valence electrons. The summed E-state index contributed by atoms with van der Waals surface area (Å²) in [5.74, 6) is 0.132. The Bertz CT molecular complexity index is 453. The summed E-state index contributed by atoms with van der Waals surface area (Å²) in [6.07, 6.45) is -0.135.